The number of benzene rings is 4. The van der Waals surface area contributed by atoms with Crippen LogP contribution in [0.25, 0.3) is 11.4 Å². The zero-order chi connectivity index (χ0) is 36.9. The average molecular weight is 762 g/mol. The second-order valence-electron chi connectivity index (χ2n) is 10.5. The van der Waals surface area contributed by atoms with Crippen LogP contribution in [0.15, 0.2) is 132 Å². The minimum atomic E-state index is -3.99. The Morgan fingerprint density at radius 3 is 1.54 bits per heavy atom. The first-order valence-electron chi connectivity index (χ1n) is 14.5. The molecule has 52 heavy (non-hydrogen) atoms. The fourth-order valence-electron chi connectivity index (χ4n) is 4.37. The number of para-hydroxylation sites is 2. The SMILES string of the molecule is Cc1[n-]n(-c2ccccc2)c(=O)c1N=Nc1cc(S(N)(=O)=O)ccc1[O-].Cc1[n-]n(-c2ccccc2)c(=O)c1N=Nc1cc([N+](=O)[O-])ccc1[O-].[Cr+3].[H+]. The van der Waals surface area contributed by atoms with E-state index in [0.29, 0.717) is 22.8 Å². The molecule has 20 heteroatoms. The maximum absolute atomic E-state index is 12.5. The van der Waals surface area contributed by atoms with Gasteiger partial charge in [0.25, 0.3) is 16.8 Å². The number of nitro benzene ring substituents is 1. The number of aryl methyl sites for hydroxylation is 2. The number of aromatic nitrogens is 4. The van der Waals surface area contributed by atoms with E-state index < -0.39 is 37.6 Å². The van der Waals surface area contributed by atoms with Crippen LogP contribution in [0.1, 0.15) is 12.8 Å². The summed E-state index contributed by atoms with van der Waals surface area (Å²) in [5.74, 6) is -1.09. The first-order chi connectivity index (χ1) is 24.2. The number of primary sulfonamides is 1. The molecule has 0 spiro atoms. The third kappa shape index (κ3) is 8.63. The monoisotopic (exact) mass is 761 g/mol. The molecule has 0 aliphatic carbocycles. The second kappa shape index (κ2) is 16.0. The molecule has 2 aromatic heterocycles. The number of hydrogen-bond acceptors (Lipinski definition) is 12. The van der Waals surface area contributed by atoms with Crippen LogP contribution in [0.2, 0.25) is 0 Å². The van der Waals surface area contributed by atoms with Crippen LogP contribution in [0, 0.1) is 24.0 Å². The number of azo groups is 2. The molecule has 0 unspecified atom stereocenters. The van der Waals surface area contributed by atoms with Crippen molar-refractivity contribution in [2.24, 2.45) is 25.6 Å². The van der Waals surface area contributed by atoms with Gasteiger partial charge in [-0.05, 0) is 36.4 Å². The van der Waals surface area contributed by atoms with E-state index in [9.17, 15) is 38.3 Å². The van der Waals surface area contributed by atoms with Gasteiger partial charge in [0.2, 0.25) is 10.0 Å². The average Bonchev–Trinajstić information content (AvgIpc) is 3.56. The molecule has 0 atom stereocenters. The Hall–Kier alpha value is -6.46. The third-order valence-corrected chi connectivity index (χ3v) is 7.82. The first kappa shape index (κ1) is 38.3. The minimum absolute atomic E-state index is 0. The van der Waals surface area contributed by atoms with E-state index in [2.05, 4.69) is 30.7 Å². The molecule has 0 bridgehead atoms. The van der Waals surface area contributed by atoms with Crippen molar-refractivity contribution >= 4 is 38.5 Å². The number of rotatable bonds is 8. The number of sulfonamides is 1. The van der Waals surface area contributed by atoms with E-state index in [1.54, 1.807) is 68.4 Å². The maximum atomic E-state index is 12.5. The van der Waals surface area contributed by atoms with E-state index >= 15 is 0 Å². The molecule has 6 rings (SSSR count). The molecule has 0 saturated carbocycles. The largest absolute Gasteiger partial charge is 3.00 e. The number of nitrogens with zero attached hydrogens (tertiary/aromatic N) is 9. The minimum Gasteiger partial charge on any atom is -0.871 e. The molecule has 0 amide bonds. The van der Waals surface area contributed by atoms with E-state index in [-0.39, 0.29) is 52.1 Å². The number of nitro groups is 1. The van der Waals surface area contributed by atoms with Crippen molar-refractivity contribution in [1.82, 2.24) is 19.6 Å². The van der Waals surface area contributed by atoms with Gasteiger partial charge in [0.15, 0.2) is 0 Å². The van der Waals surface area contributed by atoms with Gasteiger partial charge in [-0.2, -0.15) is 10.2 Å². The summed E-state index contributed by atoms with van der Waals surface area (Å²) >= 11 is 0. The number of non-ortho nitro benzene ring substituents is 1. The van der Waals surface area contributed by atoms with Crippen LogP contribution in [0.4, 0.5) is 28.4 Å². The van der Waals surface area contributed by atoms with Crippen molar-refractivity contribution in [3.63, 3.8) is 0 Å². The van der Waals surface area contributed by atoms with E-state index in [4.69, 9.17) is 5.14 Å². The quantitative estimate of drug-likeness (QED) is 0.133. The number of nitrogens with two attached hydrogens (primary N) is 1. The molecule has 4 aromatic carbocycles. The fourth-order valence-corrected chi connectivity index (χ4v) is 4.91. The summed E-state index contributed by atoms with van der Waals surface area (Å²) in [6, 6.07) is 23.7. The van der Waals surface area contributed by atoms with Gasteiger partial charge >= 0.3 is 18.8 Å². The van der Waals surface area contributed by atoms with Gasteiger partial charge < -0.3 is 29.8 Å². The summed E-state index contributed by atoms with van der Waals surface area (Å²) in [5, 5.41) is 62.6. The predicted octanol–water partition coefficient (Wildman–Crippen LogP) is 3.85. The molecule has 6 aromatic rings. The van der Waals surface area contributed by atoms with Gasteiger partial charge in [-0.3, -0.25) is 19.7 Å². The Kier molecular flexibility index (Phi) is 11.8. The van der Waals surface area contributed by atoms with Crippen LogP contribution in [0.5, 0.6) is 11.5 Å². The number of hydrogen-bond donors (Lipinski definition) is 1. The smallest absolute Gasteiger partial charge is 0.871 e. The van der Waals surface area contributed by atoms with Crippen molar-refractivity contribution in [1.29, 1.82) is 0 Å². The Bertz CT molecular complexity index is 2530. The summed E-state index contributed by atoms with van der Waals surface area (Å²) in [6.07, 6.45) is 0. The van der Waals surface area contributed by atoms with Gasteiger partial charge in [-0.1, -0.05) is 73.9 Å². The fraction of sp³-hybridized carbons (Fsp3) is 0.0625. The van der Waals surface area contributed by atoms with Gasteiger partial charge in [-0.25, -0.2) is 13.6 Å². The predicted molar refractivity (Wildman–Crippen MR) is 179 cm³/mol. The Balaban J connectivity index is 0.000000275. The van der Waals surface area contributed by atoms with Crippen LogP contribution in [-0.4, -0.2) is 22.7 Å². The first-order valence-corrected chi connectivity index (χ1v) is 16.1. The maximum Gasteiger partial charge on any atom is 3.00 e. The van der Waals surface area contributed by atoms with Crippen molar-refractivity contribution < 1.29 is 42.3 Å². The van der Waals surface area contributed by atoms with E-state index in [0.717, 1.165) is 36.4 Å². The van der Waals surface area contributed by atoms with Gasteiger partial charge in [0, 0.05) is 23.5 Å². The molecule has 2 heterocycles. The topological polar surface area (TPSA) is 271 Å². The molecule has 0 aliphatic heterocycles. The summed E-state index contributed by atoms with van der Waals surface area (Å²) in [7, 11) is -3.99. The summed E-state index contributed by atoms with van der Waals surface area (Å²) in [6.45, 7) is 3.16. The molecule has 263 valence electrons. The summed E-state index contributed by atoms with van der Waals surface area (Å²) < 4.78 is 25.1. The van der Waals surface area contributed by atoms with Gasteiger partial charge in [-0.15, -0.1) is 21.6 Å². The van der Waals surface area contributed by atoms with E-state index in [1.165, 1.54) is 9.36 Å². The van der Waals surface area contributed by atoms with Gasteiger partial charge in [0.1, 0.15) is 11.4 Å². The molecule has 2 N–H and O–H groups in total. The van der Waals surface area contributed by atoms with Crippen molar-refractivity contribution in [2.75, 3.05) is 0 Å². The Morgan fingerprint density at radius 1 is 0.692 bits per heavy atom. The Labute approximate surface area is 306 Å². The normalized spacial score (nSPS) is 11.3. The van der Waals surface area contributed by atoms with E-state index in [1.807, 2.05) is 6.07 Å². The zero-order valence-electron chi connectivity index (χ0n) is 27.9. The molecule has 18 nitrogen and oxygen atoms in total. The Morgan fingerprint density at radius 2 is 1.12 bits per heavy atom. The molecular weight excluding hydrogens is 736 g/mol. The third-order valence-electron chi connectivity index (χ3n) is 6.90. The van der Waals surface area contributed by atoms with Crippen LogP contribution in [-0.2, 0) is 27.4 Å². The molecule has 0 saturated heterocycles. The molecule has 0 aliphatic rings. The zero-order valence-corrected chi connectivity index (χ0v) is 29.0. The van der Waals surface area contributed by atoms with Crippen LogP contribution < -0.4 is 36.7 Å². The summed E-state index contributed by atoms with van der Waals surface area (Å²) in [5.41, 5.74) is -0.0643. The van der Waals surface area contributed by atoms with Crippen molar-refractivity contribution in [3.8, 4) is 22.9 Å². The second-order valence-corrected chi connectivity index (χ2v) is 12.0. The van der Waals surface area contributed by atoms with Crippen molar-refractivity contribution in [2.45, 2.75) is 18.7 Å². The molecule has 0 fully saturated rings. The molecule has 1 radical (unpaired) electrons. The molecular formula is C32H25CrN10O8S. The standard InChI is InChI=1S/C16H15N5O4S.C16H13N5O4.Cr/c1-10-15(16(23)21(20-10)11-5-3-2-4-6-11)19-18-13-9-12(26(17,24)25)7-8-14(13)22;1-10-15(16(23)20(19-10)11-5-3-2-4-6-11)18-17-13-9-12(21(24)25)7-8-14(13)22;/h2-9H,1H3,(H4,17,18,19,20,22,23,24,25);2-9H,1H3,(H2,17,18,19,22,23);/q;;+3/p-3. The summed E-state index contributed by atoms with van der Waals surface area (Å²) in [4.78, 5) is 34.8. The van der Waals surface area contributed by atoms with Crippen LogP contribution in [0.3, 0.4) is 0 Å². The van der Waals surface area contributed by atoms with Crippen molar-refractivity contribution in [3.05, 3.63) is 139 Å². The van der Waals surface area contributed by atoms with Crippen LogP contribution >= 0.6 is 0 Å². The van der Waals surface area contributed by atoms with Gasteiger partial charge in [0.05, 0.1) is 21.2 Å².